The van der Waals surface area contributed by atoms with Gasteiger partial charge in [-0.3, -0.25) is 4.79 Å². The zero-order valence-corrected chi connectivity index (χ0v) is 10.7. The van der Waals surface area contributed by atoms with Gasteiger partial charge >= 0.3 is 0 Å². The number of hydrogen-bond acceptors (Lipinski definition) is 2. The van der Waals surface area contributed by atoms with Gasteiger partial charge in [-0.05, 0) is 18.8 Å². The summed E-state index contributed by atoms with van der Waals surface area (Å²) in [5.41, 5.74) is 0. The van der Waals surface area contributed by atoms with E-state index in [1.807, 2.05) is 6.92 Å². The SMILES string of the molecule is CCCOC(C(=O)CCC)C(CC)CC. The lowest BCUT2D eigenvalue weighted by molar-refractivity contribution is -0.134. The van der Waals surface area contributed by atoms with E-state index in [1.165, 1.54) is 0 Å². The van der Waals surface area contributed by atoms with Crippen LogP contribution in [0.25, 0.3) is 0 Å². The molecule has 0 aliphatic rings. The van der Waals surface area contributed by atoms with Crippen molar-refractivity contribution < 1.29 is 9.53 Å². The summed E-state index contributed by atoms with van der Waals surface area (Å²) in [6, 6.07) is 0. The lowest BCUT2D eigenvalue weighted by Crippen LogP contribution is -2.32. The highest BCUT2D eigenvalue weighted by Crippen LogP contribution is 2.19. The molecule has 0 N–H and O–H groups in total. The minimum atomic E-state index is -0.153. The molecular weight excluding hydrogens is 188 g/mol. The highest BCUT2D eigenvalue weighted by molar-refractivity contribution is 5.83. The number of carbonyl (C=O) groups is 1. The fraction of sp³-hybridized carbons (Fsp3) is 0.923. The van der Waals surface area contributed by atoms with E-state index in [2.05, 4.69) is 20.8 Å². The van der Waals surface area contributed by atoms with Crippen LogP contribution >= 0.6 is 0 Å². The Kier molecular flexibility index (Phi) is 8.68. The van der Waals surface area contributed by atoms with Gasteiger partial charge in [-0.25, -0.2) is 0 Å². The van der Waals surface area contributed by atoms with Crippen LogP contribution in [0.3, 0.4) is 0 Å². The van der Waals surface area contributed by atoms with Crippen LogP contribution in [0.15, 0.2) is 0 Å². The predicted molar refractivity (Wildman–Crippen MR) is 64.0 cm³/mol. The molecule has 0 aromatic heterocycles. The molecule has 90 valence electrons. The third kappa shape index (κ3) is 5.31. The fourth-order valence-corrected chi connectivity index (χ4v) is 1.84. The predicted octanol–water partition coefficient (Wildman–Crippen LogP) is 3.59. The molecular formula is C13H26O2. The van der Waals surface area contributed by atoms with Crippen molar-refractivity contribution in [2.75, 3.05) is 6.61 Å². The third-order valence-corrected chi connectivity index (χ3v) is 2.79. The lowest BCUT2D eigenvalue weighted by atomic mass is 9.92. The molecule has 0 amide bonds. The second kappa shape index (κ2) is 8.90. The summed E-state index contributed by atoms with van der Waals surface area (Å²) >= 11 is 0. The molecule has 0 bridgehead atoms. The number of rotatable bonds is 9. The second-order valence-electron chi connectivity index (χ2n) is 4.08. The van der Waals surface area contributed by atoms with Crippen molar-refractivity contribution >= 4 is 5.78 Å². The molecule has 0 aliphatic heterocycles. The van der Waals surface area contributed by atoms with E-state index >= 15 is 0 Å². The maximum absolute atomic E-state index is 11.9. The number of ketones is 1. The van der Waals surface area contributed by atoms with Crippen molar-refractivity contribution in [2.45, 2.75) is 65.9 Å². The fourth-order valence-electron chi connectivity index (χ4n) is 1.84. The minimum absolute atomic E-state index is 0.153. The second-order valence-corrected chi connectivity index (χ2v) is 4.08. The maximum atomic E-state index is 11.9. The van der Waals surface area contributed by atoms with E-state index in [-0.39, 0.29) is 6.10 Å². The van der Waals surface area contributed by atoms with Gasteiger partial charge in [-0.2, -0.15) is 0 Å². The van der Waals surface area contributed by atoms with Crippen LogP contribution in [0.4, 0.5) is 0 Å². The van der Waals surface area contributed by atoms with E-state index in [4.69, 9.17) is 4.74 Å². The van der Waals surface area contributed by atoms with Crippen LogP contribution in [-0.4, -0.2) is 18.5 Å². The Balaban J connectivity index is 4.33. The van der Waals surface area contributed by atoms with Crippen molar-refractivity contribution in [3.8, 4) is 0 Å². The quantitative estimate of drug-likeness (QED) is 0.586. The van der Waals surface area contributed by atoms with Crippen LogP contribution < -0.4 is 0 Å². The Morgan fingerprint density at radius 2 is 1.67 bits per heavy atom. The number of Topliss-reactive ketones (excluding diaryl/α,β-unsaturated/α-hetero) is 1. The molecule has 2 nitrogen and oxygen atoms in total. The summed E-state index contributed by atoms with van der Waals surface area (Å²) in [5.74, 6) is 0.690. The van der Waals surface area contributed by atoms with Crippen LogP contribution in [0, 0.1) is 5.92 Å². The topological polar surface area (TPSA) is 26.3 Å². The monoisotopic (exact) mass is 214 g/mol. The summed E-state index contributed by atoms with van der Waals surface area (Å²) in [5, 5.41) is 0. The van der Waals surface area contributed by atoms with Crippen LogP contribution in [-0.2, 0) is 9.53 Å². The van der Waals surface area contributed by atoms with Gasteiger partial charge in [-0.1, -0.05) is 40.5 Å². The summed E-state index contributed by atoms with van der Waals surface area (Å²) in [7, 11) is 0. The normalized spacial score (nSPS) is 13.1. The van der Waals surface area contributed by atoms with E-state index in [9.17, 15) is 4.79 Å². The first-order valence-electron chi connectivity index (χ1n) is 6.35. The molecule has 0 fully saturated rings. The molecule has 0 spiro atoms. The first kappa shape index (κ1) is 14.6. The van der Waals surface area contributed by atoms with E-state index in [1.54, 1.807) is 0 Å². The number of ether oxygens (including phenoxy) is 1. The van der Waals surface area contributed by atoms with E-state index in [0.29, 0.717) is 24.7 Å². The molecule has 15 heavy (non-hydrogen) atoms. The Morgan fingerprint density at radius 3 is 2.07 bits per heavy atom. The van der Waals surface area contributed by atoms with Crippen molar-refractivity contribution in [3.05, 3.63) is 0 Å². The number of hydrogen-bond donors (Lipinski definition) is 0. The molecule has 0 aromatic rings. The zero-order chi connectivity index (χ0) is 11.7. The van der Waals surface area contributed by atoms with Crippen molar-refractivity contribution in [3.63, 3.8) is 0 Å². The molecule has 2 heteroatoms. The minimum Gasteiger partial charge on any atom is -0.370 e. The maximum Gasteiger partial charge on any atom is 0.161 e. The molecule has 0 aromatic carbocycles. The van der Waals surface area contributed by atoms with Crippen molar-refractivity contribution in [2.24, 2.45) is 5.92 Å². The molecule has 0 aliphatic carbocycles. The van der Waals surface area contributed by atoms with Crippen molar-refractivity contribution in [1.29, 1.82) is 0 Å². The third-order valence-electron chi connectivity index (χ3n) is 2.79. The Labute approximate surface area is 94.4 Å². The molecule has 0 heterocycles. The molecule has 0 rings (SSSR count). The first-order chi connectivity index (χ1) is 7.21. The van der Waals surface area contributed by atoms with Gasteiger partial charge < -0.3 is 4.74 Å². The van der Waals surface area contributed by atoms with Crippen LogP contribution in [0.5, 0.6) is 0 Å². The Morgan fingerprint density at radius 1 is 1.07 bits per heavy atom. The highest BCUT2D eigenvalue weighted by atomic mass is 16.5. The van der Waals surface area contributed by atoms with Crippen LogP contribution in [0.2, 0.25) is 0 Å². The van der Waals surface area contributed by atoms with E-state index < -0.39 is 0 Å². The molecule has 1 atom stereocenters. The summed E-state index contributed by atoms with van der Waals surface area (Å²) in [6.45, 7) is 9.10. The lowest BCUT2D eigenvalue weighted by Gasteiger charge is -2.24. The van der Waals surface area contributed by atoms with Gasteiger partial charge in [0.05, 0.1) is 0 Å². The van der Waals surface area contributed by atoms with Crippen LogP contribution in [0.1, 0.15) is 59.8 Å². The molecule has 0 saturated heterocycles. The average Bonchev–Trinajstić information content (AvgIpc) is 2.24. The van der Waals surface area contributed by atoms with Gasteiger partial charge in [0, 0.05) is 13.0 Å². The standard InChI is InChI=1S/C13H26O2/c1-5-9-12(14)13(15-10-6-2)11(7-3)8-4/h11,13H,5-10H2,1-4H3. The highest BCUT2D eigenvalue weighted by Gasteiger charge is 2.25. The largest absolute Gasteiger partial charge is 0.370 e. The molecule has 0 radical (unpaired) electrons. The number of carbonyl (C=O) groups excluding carboxylic acids is 1. The van der Waals surface area contributed by atoms with Gasteiger partial charge in [0.2, 0.25) is 0 Å². The smallest absolute Gasteiger partial charge is 0.161 e. The van der Waals surface area contributed by atoms with Gasteiger partial charge in [0.1, 0.15) is 6.10 Å². The molecule has 1 unspecified atom stereocenters. The summed E-state index contributed by atoms with van der Waals surface area (Å²) in [4.78, 5) is 11.9. The summed E-state index contributed by atoms with van der Waals surface area (Å²) < 4.78 is 5.70. The summed E-state index contributed by atoms with van der Waals surface area (Å²) in [6.07, 6.45) is 4.46. The molecule has 0 saturated carbocycles. The Hall–Kier alpha value is -0.370. The Bertz CT molecular complexity index is 162. The zero-order valence-electron chi connectivity index (χ0n) is 10.7. The van der Waals surface area contributed by atoms with E-state index in [0.717, 1.165) is 25.7 Å². The van der Waals surface area contributed by atoms with Gasteiger partial charge in [-0.15, -0.1) is 0 Å². The first-order valence-corrected chi connectivity index (χ1v) is 6.35. The van der Waals surface area contributed by atoms with Gasteiger partial charge in [0.25, 0.3) is 0 Å². The van der Waals surface area contributed by atoms with Crippen molar-refractivity contribution in [1.82, 2.24) is 0 Å². The van der Waals surface area contributed by atoms with Gasteiger partial charge in [0.15, 0.2) is 5.78 Å². The average molecular weight is 214 g/mol.